The molecule has 4 nitrogen and oxygen atoms in total. The third-order valence-corrected chi connectivity index (χ3v) is 2.20. The molecule has 0 saturated carbocycles. The van der Waals surface area contributed by atoms with Gasteiger partial charge in [0.25, 0.3) is 0 Å². The Morgan fingerprint density at radius 2 is 2.12 bits per heavy atom. The van der Waals surface area contributed by atoms with E-state index < -0.39 is 0 Å². The number of anilines is 1. The summed E-state index contributed by atoms with van der Waals surface area (Å²) >= 11 is 0. The molecule has 0 atom stereocenters. The summed E-state index contributed by atoms with van der Waals surface area (Å²) in [5.41, 5.74) is 3.17. The normalized spacial score (nSPS) is 10.8. The molecule has 0 amide bonds. The van der Waals surface area contributed by atoms with Crippen molar-refractivity contribution in [2.24, 2.45) is 0 Å². The fourth-order valence-corrected chi connectivity index (χ4v) is 1.55. The summed E-state index contributed by atoms with van der Waals surface area (Å²) in [6, 6.07) is 2.33. The smallest absolute Gasteiger partial charge is 0.0908 e. The Morgan fingerprint density at radius 1 is 1.31 bits per heavy atom. The zero-order valence-corrected chi connectivity index (χ0v) is 9.81. The monoisotopic (exact) mass is 216 g/mol. The van der Waals surface area contributed by atoms with Gasteiger partial charge < -0.3 is 5.32 Å². The van der Waals surface area contributed by atoms with Crippen molar-refractivity contribution < 1.29 is 0 Å². The molecule has 1 N–H and O–H groups in total. The summed E-state index contributed by atoms with van der Waals surface area (Å²) in [6.45, 7) is 6.23. The summed E-state index contributed by atoms with van der Waals surface area (Å²) in [5.74, 6) is 0. The first-order chi connectivity index (χ1) is 7.66. The standard InChI is InChI=1S/C12H16N4/c1-9(2)15-11-7-13-5-4-12(11)16-8-10(3)6-14-16/h4-9,15H,1-3H3. The Bertz CT molecular complexity index is 473. The molecule has 4 heteroatoms. The molecule has 16 heavy (non-hydrogen) atoms. The minimum atomic E-state index is 0.375. The van der Waals surface area contributed by atoms with Crippen LogP contribution in [0.3, 0.4) is 0 Å². The molecule has 2 aromatic rings. The van der Waals surface area contributed by atoms with Gasteiger partial charge in [-0.15, -0.1) is 0 Å². The highest BCUT2D eigenvalue weighted by molar-refractivity contribution is 5.59. The molecule has 2 rings (SSSR count). The second-order valence-electron chi connectivity index (χ2n) is 4.15. The van der Waals surface area contributed by atoms with Crippen LogP contribution >= 0.6 is 0 Å². The number of aromatic nitrogens is 3. The maximum Gasteiger partial charge on any atom is 0.0908 e. The highest BCUT2D eigenvalue weighted by Crippen LogP contribution is 2.18. The summed E-state index contributed by atoms with van der Waals surface area (Å²) in [5, 5.41) is 7.66. The van der Waals surface area contributed by atoms with Gasteiger partial charge in [-0.3, -0.25) is 4.98 Å². The average Bonchev–Trinajstić information content (AvgIpc) is 2.65. The van der Waals surface area contributed by atoms with Crippen molar-refractivity contribution in [2.45, 2.75) is 26.8 Å². The predicted molar refractivity (Wildman–Crippen MR) is 64.9 cm³/mol. The van der Waals surface area contributed by atoms with Gasteiger partial charge in [0, 0.05) is 18.4 Å². The van der Waals surface area contributed by atoms with Gasteiger partial charge in [-0.1, -0.05) is 0 Å². The molecular formula is C12H16N4. The lowest BCUT2D eigenvalue weighted by atomic mass is 10.3. The van der Waals surface area contributed by atoms with Crippen molar-refractivity contribution in [3.8, 4) is 5.69 Å². The van der Waals surface area contributed by atoms with Crippen LogP contribution in [0.2, 0.25) is 0 Å². The second-order valence-corrected chi connectivity index (χ2v) is 4.15. The van der Waals surface area contributed by atoms with Crippen molar-refractivity contribution in [3.05, 3.63) is 36.4 Å². The first-order valence-electron chi connectivity index (χ1n) is 5.39. The number of nitrogens with zero attached hydrogens (tertiary/aromatic N) is 3. The third-order valence-electron chi connectivity index (χ3n) is 2.20. The Morgan fingerprint density at radius 3 is 2.75 bits per heavy atom. The van der Waals surface area contributed by atoms with Gasteiger partial charge in [-0.05, 0) is 32.4 Å². The summed E-state index contributed by atoms with van der Waals surface area (Å²) in [6.07, 6.45) is 7.45. The van der Waals surface area contributed by atoms with E-state index in [1.807, 2.05) is 36.3 Å². The molecule has 0 spiro atoms. The molecule has 0 aromatic carbocycles. The molecule has 0 bridgehead atoms. The van der Waals surface area contributed by atoms with E-state index in [2.05, 4.69) is 29.2 Å². The zero-order chi connectivity index (χ0) is 11.5. The zero-order valence-electron chi connectivity index (χ0n) is 9.81. The third kappa shape index (κ3) is 2.21. The van der Waals surface area contributed by atoms with Gasteiger partial charge in [-0.25, -0.2) is 4.68 Å². The topological polar surface area (TPSA) is 42.7 Å². The van der Waals surface area contributed by atoms with Crippen molar-refractivity contribution in [2.75, 3.05) is 5.32 Å². The Hall–Kier alpha value is -1.84. The average molecular weight is 216 g/mol. The van der Waals surface area contributed by atoms with E-state index in [-0.39, 0.29) is 0 Å². The Kier molecular flexibility index (Phi) is 2.90. The van der Waals surface area contributed by atoms with Crippen molar-refractivity contribution in [3.63, 3.8) is 0 Å². The van der Waals surface area contributed by atoms with Gasteiger partial charge in [0.2, 0.25) is 0 Å². The molecule has 0 radical (unpaired) electrons. The number of pyridine rings is 1. The highest BCUT2D eigenvalue weighted by atomic mass is 15.3. The number of nitrogens with one attached hydrogen (secondary N) is 1. The molecular weight excluding hydrogens is 200 g/mol. The van der Waals surface area contributed by atoms with Crippen molar-refractivity contribution >= 4 is 5.69 Å². The van der Waals surface area contributed by atoms with Crippen LogP contribution in [-0.4, -0.2) is 20.8 Å². The summed E-state index contributed by atoms with van der Waals surface area (Å²) in [4.78, 5) is 4.13. The molecule has 0 aliphatic rings. The Labute approximate surface area is 95.3 Å². The largest absolute Gasteiger partial charge is 0.380 e. The van der Waals surface area contributed by atoms with Crippen molar-refractivity contribution in [1.29, 1.82) is 0 Å². The highest BCUT2D eigenvalue weighted by Gasteiger charge is 2.06. The van der Waals surface area contributed by atoms with E-state index in [0.29, 0.717) is 6.04 Å². The summed E-state index contributed by atoms with van der Waals surface area (Å²) < 4.78 is 1.86. The van der Waals surface area contributed by atoms with Gasteiger partial charge in [0.1, 0.15) is 0 Å². The minimum absolute atomic E-state index is 0.375. The SMILES string of the molecule is Cc1cnn(-c2ccncc2NC(C)C)c1. The number of aryl methyl sites for hydroxylation is 1. The van der Waals surface area contributed by atoms with Crippen LogP contribution < -0.4 is 5.32 Å². The number of rotatable bonds is 3. The molecule has 84 valence electrons. The molecule has 0 aliphatic heterocycles. The number of hydrogen-bond donors (Lipinski definition) is 1. The van der Waals surface area contributed by atoms with Gasteiger partial charge in [0.05, 0.1) is 23.8 Å². The van der Waals surface area contributed by atoms with Gasteiger partial charge >= 0.3 is 0 Å². The number of hydrogen-bond acceptors (Lipinski definition) is 3. The van der Waals surface area contributed by atoms with Crippen LogP contribution in [0.1, 0.15) is 19.4 Å². The van der Waals surface area contributed by atoms with Crippen LogP contribution in [0.15, 0.2) is 30.9 Å². The Balaban J connectivity index is 2.40. The molecule has 0 saturated heterocycles. The van der Waals surface area contributed by atoms with Gasteiger partial charge in [-0.2, -0.15) is 5.10 Å². The second kappa shape index (κ2) is 4.35. The van der Waals surface area contributed by atoms with E-state index >= 15 is 0 Å². The minimum Gasteiger partial charge on any atom is -0.380 e. The first-order valence-corrected chi connectivity index (χ1v) is 5.39. The van der Waals surface area contributed by atoms with Crippen LogP contribution in [0, 0.1) is 6.92 Å². The van der Waals surface area contributed by atoms with E-state index in [4.69, 9.17) is 0 Å². The molecule has 0 aliphatic carbocycles. The predicted octanol–water partition coefficient (Wildman–Crippen LogP) is 2.40. The van der Waals surface area contributed by atoms with E-state index in [0.717, 1.165) is 16.9 Å². The fourth-order valence-electron chi connectivity index (χ4n) is 1.55. The van der Waals surface area contributed by atoms with Gasteiger partial charge in [0.15, 0.2) is 0 Å². The maximum absolute atomic E-state index is 4.30. The first kappa shape index (κ1) is 10.7. The van der Waals surface area contributed by atoms with Crippen LogP contribution in [0.5, 0.6) is 0 Å². The fraction of sp³-hybridized carbons (Fsp3) is 0.333. The lowest BCUT2D eigenvalue weighted by Crippen LogP contribution is -2.12. The van der Waals surface area contributed by atoms with Crippen LogP contribution in [0.25, 0.3) is 5.69 Å². The van der Waals surface area contributed by atoms with Crippen LogP contribution in [-0.2, 0) is 0 Å². The molecule has 2 heterocycles. The van der Waals surface area contributed by atoms with Crippen LogP contribution in [0.4, 0.5) is 5.69 Å². The van der Waals surface area contributed by atoms with E-state index in [1.54, 1.807) is 6.20 Å². The van der Waals surface area contributed by atoms with E-state index in [1.165, 1.54) is 0 Å². The lowest BCUT2D eigenvalue weighted by molar-refractivity contribution is 0.856. The quantitative estimate of drug-likeness (QED) is 0.856. The lowest BCUT2D eigenvalue weighted by Gasteiger charge is -2.13. The van der Waals surface area contributed by atoms with Crippen molar-refractivity contribution in [1.82, 2.24) is 14.8 Å². The maximum atomic E-state index is 4.30. The summed E-state index contributed by atoms with van der Waals surface area (Å²) in [7, 11) is 0. The van der Waals surface area contributed by atoms with E-state index in [9.17, 15) is 0 Å². The molecule has 0 fully saturated rings. The molecule has 0 unspecified atom stereocenters. The molecule has 2 aromatic heterocycles.